The van der Waals surface area contributed by atoms with Gasteiger partial charge in [-0.25, -0.2) is 9.37 Å². The number of rotatable bonds is 11. The summed E-state index contributed by atoms with van der Waals surface area (Å²) in [7, 11) is 5.53. The zero-order valence-corrected chi connectivity index (χ0v) is 20.1. The minimum Gasteiger partial charge on any atom is -0.439 e. The van der Waals surface area contributed by atoms with Gasteiger partial charge in [0.05, 0.1) is 0 Å². The molecule has 0 radical (unpaired) electrons. The fourth-order valence-corrected chi connectivity index (χ4v) is 2.65. The lowest BCUT2D eigenvalue weighted by molar-refractivity contribution is 0.180. The average Bonchev–Trinajstić information content (AvgIpc) is 2.72. The van der Waals surface area contributed by atoms with E-state index in [0.29, 0.717) is 24.1 Å². The third-order valence-corrected chi connectivity index (χ3v) is 4.20. The van der Waals surface area contributed by atoms with Crippen LogP contribution >= 0.6 is 24.0 Å². The number of aliphatic imine (C=N–C) groups is 1. The quantitative estimate of drug-likeness (QED) is 0.201. The number of pyridine rings is 1. The van der Waals surface area contributed by atoms with Crippen LogP contribution in [0.2, 0.25) is 0 Å². The van der Waals surface area contributed by atoms with Gasteiger partial charge in [-0.05, 0) is 31.7 Å². The van der Waals surface area contributed by atoms with Gasteiger partial charge in [-0.15, -0.1) is 24.0 Å². The molecule has 1 aromatic carbocycles. The van der Waals surface area contributed by atoms with Gasteiger partial charge >= 0.3 is 0 Å². The summed E-state index contributed by atoms with van der Waals surface area (Å²) in [6.07, 6.45) is 2.65. The Bertz CT molecular complexity index is 779. The smallest absolute Gasteiger partial charge is 0.224 e. The van der Waals surface area contributed by atoms with Gasteiger partial charge in [-0.3, -0.25) is 4.99 Å². The van der Waals surface area contributed by atoms with E-state index in [1.165, 1.54) is 12.1 Å². The van der Waals surface area contributed by atoms with E-state index in [2.05, 4.69) is 32.6 Å². The summed E-state index contributed by atoms with van der Waals surface area (Å²) in [5.41, 5.74) is 0.844. The largest absolute Gasteiger partial charge is 0.439 e. The van der Waals surface area contributed by atoms with E-state index in [1.54, 1.807) is 32.5 Å². The number of nitrogens with zero attached hydrogens (tertiary/aromatic N) is 3. The van der Waals surface area contributed by atoms with Gasteiger partial charge in [0.2, 0.25) is 5.88 Å². The lowest BCUT2D eigenvalue weighted by atomic mass is 10.2. The molecule has 2 N–H and O–H groups in total. The molecule has 0 fully saturated rings. The molecule has 0 aliphatic heterocycles. The number of nitrogens with one attached hydrogen (secondary N) is 2. The predicted molar refractivity (Wildman–Crippen MR) is 128 cm³/mol. The second kappa shape index (κ2) is 14.9. The third-order valence-electron chi connectivity index (χ3n) is 4.20. The highest BCUT2D eigenvalue weighted by atomic mass is 127. The molecule has 0 spiro atoms. The molecule has 166 valence electrons. The summed E-state index contributed by atoms with van der Waals surface area (Å²) in [5, 5.41) is 6.55. The second-order valence-electron chi connectivity index (χ2n) is 6.53. The number of hydrogen-bond donors (Lipinski definition) is 2. The topological polar surface area (TPSA) is 71.0 Å². The number of ether oxygens (including phenoxy) is 2. The van der Waals surface area contributed by atoms with Crippen LogP contribution in [0.1, 0.15) is 12.0 Å². The van der Waals surface area contributed by atoms with Crippen molar-refractivity contribution in [1.82, 2.24) is 20.5 Å². The van der Waals surface area contributed by atoms with Crippen molar-refractivity contribution in [3.63, 3.8) is 0 Å². The van der Waals surface area contributed by atoms with Crippen molar-refractivity contribution in [3.05, 3.63) is 54.0 Å². The van der Waals surface area contributed by atoms with Crippen LogP contribution in [-0.2, 0) is 11.3 Å². The summed E-state index contributed by atoms with van der Waals surface area (Å²) < 4.78 is 24.2. The highest BCUT2D eigenvalue weighted by Gasteiger charge is 2.08. The van der Waals surface area contributed by atoms with E-state index in [4.69, 9.17) is 9.47 Å². The summed E-state index contributed by atoms with van der Waals surface area (Å²) in [5.74, 6) is 1.17. The lowest BCUT2D eigenvalue weighted by Crippen LogP contribution is -2.40. The molecule has 2 aromatic rings. The number of benzene rings is 1. The Morgan fingerprint density at radius 1 is 1.20 bits per heavy atom. The van der Waals surface area contributed by atoms with Crippen LogP contribution in [-0.4, -0.2) is 63.3 Å². The molecule has 0 saturated carbocycles. The molecular weight excluding hydrogens is 500 g/mol. The fraction of sp³-hybridized carbons (Fsp3) is 0.429. The Labute approximate surface area is 195 Å². The van der Waals surface area contributed by atoms with Crippen molar-refractivity contribution >= 4 is 29.9 Å². The molecule has 7 nitrogen and oxygen atoms in total. The van der Waals surface area contributed by atoms with Gasteiger partial charge < -0.3 is 25.0 Å². The number of hydrogen-bond acceptors (Lipinski definition) is 5. The van der Waals surface area contributed by atoms with Gasteiger partial charge in [-0.2, -0.15) is 0 Å². The van der Waals surface area contributed by atoms with Gasteiger partial charge in [0, 0.05) is 64.8 Å². The number of aromatic nitrogens is 1. The predicted octanol–water partition coefficient (Wildman–Crippen LogP) is 3.26. The molecule has 9 heteroatoms. The molecule has 1 aromatic heterocycles. The Kier molecular flexibility index (Phi) is 13.0. The number of guanidine groups is 1. The Morgan fingerprint density at radius 2 is 2.03 bits per heavy atom. The minimum absolute atomic E-state index is 0. The molecule has 0 bridgehead atoms. The van der Waals surface area contributed by atoms with Gasteiger partial charge in [0.25, 0.3) is 0 Å². The molecule has 2 rings (SSSR count). The maximum atomic E-state index is 13.4. The summed E-state index contributed by atoms with van der Waals surface area (Å²) in [6, 6.07) is 9.74. The summed E-state index contributed by atoms with van der Waals surface area (Å²) >= 11 is 0. The molecule has 0 saturated heterocycles. The van der Waals surface area contributed by atoms with E-state index in [1.807, 2.05) is 12.1 Å². The van der Waals surface area contributed by atoms with Crippen LogP contribution < -0.4 is 15.4 Å². The Balaban J connectivity index is 0.00000450. The first-order chi connectivity index (χ1) is 14.1. The van der Waals surface area contributed by atoms with Crippen LogP contribution in [0.5, 0.6) is 11.6 Å². The van der Waals surface area contributed by atoms with Crippen molar-refractivity contribution in [2.75, 3.05) is 47.4 Å². The molecule has 1 heterocycles. The van der Waals surface area contributed by atoms with Gasteiger partial charge in [0.1, 0.15) is 11.6 Å². The monoisotopic (exact) mass is 531 g/mol. The normalized spacial score (nSPS) is 11.2. The first-order valence-corrected chi connectivity index (χ1v) is 9.61. The molecule has 0 aliphatic carbocycles. The highest BCUT2D eigenvalue weighted by Crippen LogP contribution is 2.23. The van der Waals surface area contributed by atoms with E-state index in [-0.39, 0.29) is 29.8 Å². The minimum atomic E-state index is -0.352. The van der Waals surface area contributed by atoms with E-state index < -0.39 is 0 Å². The number of methoxy groups -OCH3 is 1. The summed E-state index contributed by atoms with van der Waals surface area (Å²) in [4.78, 5) is 10.8. The van der Waals surface area contributed by atoms with Crippen molar-refractivity contribution < 1.29 is 13.9 Å². The van der Waals surface area contributed by atoms with Crippen LogP contribution in [0.15, 0.2) is 47.6 Å². The maximum Gasteiger partial charge on any atom is 0.224 e. The van der Waals surface area contributed by atoms with E-state index in [9.17, 15) is 4.39 Å². The SMILES string of the molecule is CN=C(NCCN(C)CCCOC)NCc1cccnc1Oc1cccc(F)c1.I. The maximum absolute atomic E-state index is 13.4. The fourth-order valence-electron chi connectivity index (χ4n) is 2.65. The van der Waals surface area contributed by atoms with Gasteiger partial charge in [-0.1, -0.05) is 12.1 Å². The number of halogens is 2. The molecule has 0 atom stereocenters. The standard InChI is InChI=1S/C21H30FN5O2.HI/c1-23-21(25-11-13-27(2)12-6-14-28-3)26-16-17-7-5-10-24-20(17)29-19-9-4-8-18(22)15-19;/h4-5,7-10,15H,6,11-14,16H2,1-3H3,(H2,23,25,26);1H. The van der Waals surface area contributed by atoms with E-state index in [0.717, 1.165) is 38.2 Å². The van der Waals surface area contributed by atoms with Crippen LogP contribution in [0.3, 0.4) is 0 Å². The van der Waals surface area contributed by atoms with Crippen LogP contribution in [0.4, 0.5) is 4.39 Å². The molecule has 0 unspecified atom stereocenters. The van der Waals surface area contributed by atoms with Gasteiger partial charge in [0.15, 0.2) is 5.96 Å². The van der Waals surface area contributed by atoms with Crippen molar-refractivity contribution in [2.24, 2.45) is 4.99 Å². The lowest BCUT2D eigenvalue weighted by Gasteiger charge is -2.18. The van der Waals surface area contributed by atoms with Crippen molar-refractivity contribution in [3.8, 4) is 11.6 Å². The average molecular weight is 531 g/mol. The van der Waals surface area contributed by atoms with Crippen LogP contribution in [0, 0.1) is 5.82 Å². The molecule has 30 heavy (non-hydrogen) atoms. The zero-order valence-electron chi connectivity index (χ0n) is 17.7. The highest BCUT2D eigenvalue weighted by molar-refractivity contribution is 14.0. The Morgan fingerprint density at radius 3 is 2.77 bits per heavy atom. The van der Waals surface area contributed by atoms with Crippen molar-refractivity contribution in [2.45, 2.75) is 13.0 Å². The number of likely N-dealkylation sites (N-methyl/N-ethyl adjacent to an activating group) is 1. The first-order valence-electron chi connectivity index (χ1n) is 9.61. The van der Waals surface area contributed by atoms with E-state index >= 15 is 0 Å². The van der Waals surface area contributed by atoms with Crippen LogP contribution in [0.25, 0.3) is 0 Å². The Hall–Kier alpha value is -1.98. The molecule has 0 amide bonds. The third kappa shape index (κ3) is 9.68. The molecular formula is C21H31FIN5O2. The molecule has 0 aliphatic rings. The zero-order chi connectivity index (χ0) is 20.9. The second-order valence-corrected chi connectivity index (χ2v) is 6.53. The first kappa shape index (κ1) is 26.1. The summed E-state index contributed by atoms with van der Waals surface area (Å²) in [6.45, 7) is 3.89. The van der Waals surface area contributed by atoms with Crippen molar-refractivity contribution in [1.29, 1.82) is 0 Å².